The Morgan fingerprint density at radius 1 is 1.02 bits per heavy atom. The second-order valence-electron chi connectivity index (χ2n) is 15.4. The highest BCUT2D eigenvalue weighted by molar-refractivity contribution is 6.04. The lowest BCUT2D eigenvalue weighted by Crippen LogP contribution is -2.53. The van der Waals surface area contributed by atoms with E-state index in [4.69, 9.17) is 18.9 Å². The molecule has 2 heterocycles. The number of rotatable bonds is 12. The van der Waals surface area contributed by atoms with Crippen LogP contribution < -0.4 is 19.3 Å². The number of Topliss-reactive ketones (excluding diaryl/α,β-unsaturated/α-hetero) is 1. The zero-order chi connectivity index (χ0) is 36.4. The Morgan fingerprint density at radius 3 is 2.32 bits per heavy atom. The number of benzene rings is 2. The third-order valence-corrected chi connectivity index (χ3v) is 9.62. The average Bonchev–Trinajstić information content (AvgIpc) is 3.91. The molecule has 2 aromatic carbocycles. The van der Waals surface area contributed by atoms with Crippen molar-refractivity contribution in [2.75, 3.05) is 50.3 Å². The molecule has 0 N–H and O–H groups in total. The lowest BCUT2D eigenvalue weighted by Gasteiger charge is -2.40. The van der Waals surface area contributed by atoms with Crippen LogP contribution in [0.3, 0.4) is 0 Å². The van der Waals surface area contributed by atoms with E-state index in [1.165, 1.54) is 4.90 Å². The van der Waals surface area contributed by atoms with Crippen molar-refractivity contribution in [3.63, 3.8) is 0 Å². The predicted molar refractivity (Wildman–Crippen MR) is 191 cm³/mol. The van der Waals surface area contributed by atoms with Gasteiger partial charge in [0.2, 0.25) is 5.91 Å². The topological polar surface area (TPSA) is 115 Å². The van der Waals surface area contributed by atoms with Gasteiger partial charge in [-0.3, -0.25) is 14.4 Å². The van der Waals surface area contributed by atoms with Gasteiger partial charge in [-0.15, -0.1) is 0 Å². The van der Waals surface area contributed by atoms with Crippen molar-refractivity contribution < 1.29 is 38.1 Å². The van der Waals surface area contributed by atoms with Crippen molar-refractivity contribution in [1.82, 2.24) is 4.90 Å². The maximum absolute atomic E-state index is 14.6. The third-order valence-electron chi connectivity index (χ3n) is 9.62. The van der Waals surface area contributed by atoms with E-state index in [0.29, 0.717) is 43.1 Å². The minimum Gasteiger partial charge on any atom is -0.497 e. The minimum absolute atomic E-state index is 0.0103. The Labute approximate surface area is 296 Å². The predicted octanol–water partition coefficient (Wildman–Crippen LogP) is 6.37. The molecule has 3 amide bonds. The van der Waals surface area contributed by atoms with Crippen LogP contribution in [-0.4, -0.2) is 86.3 Å². The molecule has 11 nitrogen and oxygen atoms in total. The van der Waals surface area contributed by atoms with Crippen LogP contribution in [0.25, 0.3) is 0 Å². The Balaban J connectivity index is 1.41. The molecule has 0 unspecified atom stereocenters. The maximum Gasteiger partial charge on any atom is 0.410 e. The fourth-order valence-electron chi connectivity index (χ4n) is 6.85. The highest BCUT2D eigenvalue weighted by Gasteiger charge is 2.45. The first kappa shape index (κ1) is 37.1. The number of likely N-dealkylation sites (tertiary alicyclic amines) is 1. The lowest BCUT2D eigenvalue weighted by molar-refractivity contribution is -0.132. The van der Waals surface area contributed by atoms with Gasteiger partial charge in [-0.1, -0.05) is 19.1 Å². The van der Waals surface area contributed by atoms with E-state index in [1.807, 2.05) is 54.3 Å². The Hall–Kier alpha value is -4.12. The number of amides is 3. The smallest absolute Gasteiger partial charge is 0.410 e. The molecule has 2 fully saturated rings. The standard InChI is InChI=1S/C39H53N3O8/c1-25(26-10-15-31(48-8)16-11-26)20-33(43)27-21-28(24-40(23-27)37(46)50-38(2,3)4)35(44)42(29-12-13-29)30-14-17-34-32(22-30)41(18-9-19-47-7)36(45)39(5,6)49-34/h10-11,14-17,22,25,27-29H,9,12-13,18-21,23-24H2,1-8H3/t25-,27+,28-/m1/s1. The zero-order valence-corrected chi connectivity index (χ0v) is 30.8. The number of piperidine rings is 1. The summed E-state index contributed by atoms with van der Waals surface area (Å²) in [7, 11) is 3.25. The van der Waals surface area contributed by atoms with Crippen LogP contribution in [0, 0.1) is 11.8 Å². The molecule has 11 heteroatoms. The van der Waals surface area contributed by atoms with Gasteiger partial charge in [-0.05, 0) is 102 Å². The van der Waals surface area contributed by atoms with Crippen molar-refractivity contribution >= 4 is 35.1 Å². The largest absolute Gasteiger partial charge is 0.497 e. The molecule has 0 spiro atoms. The van der Waals surface area contributed by atoms with Gasteiger partial charge in [0, 0.05) is 57.4 Å². The first-order valence-corrected chi connectivity index (χ1v) is 17.7. The molecular formula is C39H53N3O8. The van der Waals surface area contributed by atoms with Crippen LogP contribution in [0.15, 0.2) is 42.5 Å². The highest BCUT2D eigenvalue weighted by Crippen LogP contribution is 2.43. The summed E-state index contributed by atoms with van der Waals surface area (Å²) in [6.07, 6.45) is 2.40. The van der Waals surface area contributed by atoms with E-state index in [0.717, 1.165) is 24.2 Å². The third kappa shape index (κ3) is 8.60. The number of carbonyl (C=O) groups excluding carboxylic acids is 4. The molecule has 2 aromatic rings. The van der Waals surface area contributed by atoms with Gasteiger partial charge in [-0.25, -0.2) is 4.79 Å². The van der Waals surface area contributed by atoms with Crippen LogP contribution in [-0.2, 0) is 23.9 Å². The quantitative estimate of drug-likeness (QED) is 0.236. The Bertz CT molecular complexity index is 1560. The van der Waals surface area contributed by atoms with Crippen molar-refractivity contribution in [1.29, 1.82) is 0 Å². The van der Waals surface area contributed by atoms with E-state index in [9.17, 15) is 19.2 Å². The highest BCUT2D eigenvalue weighted by atomic mass is 16.6. The summed E-state index contributed by atoms with van der Waals surface area (Å²) < 4.78 is 22.4. The van der Waals surface area contributed by atoms with Crippen molar-refractivity contribution in [3.05, 3.63) is 48.0 Å². The molecule has 2 aliphatic heterocycles. The first-order valence-electron chi connectivity index (χ1n) is 17.7. The van der Waals surface area contributed by atoms with Gasteiger partial charge in [0.15, 0.2) is 5.60 Å². The molecule has 5 rings (SSSR count). The fraction of sp³-hybridized carbons (Fsp3) is 0.590. The van der Waals surface area contributed by atoms with E-state index < -0.39 is 29.1 Å². The number of fused-ring (bicyclic) bond motifs is 1. The molecule has 3 atom stereocenters. The van der Waals surface area contributed by atoms with E-state index in [1.54, 1.807) is 53.7 Å². The molecule has 3 aliphatic rings. The van der Waals surface area contributed by atoms with Crippen molar-refractivity contribution in [3.8, 4) is 11.5 Å². The van der Waals surface area contributed by atoms with Gasteiger partial charge >= 0.3 is 6.09 Å². The Morgan fingerprint density at radius 2 is 1.70 bits per heavy atom. The molecule has 0 bridgehead atoms. The van der Waals surface area contributed by atoms with Crippen LogP contribution in [0.2, 0.25) is 0 Å². The summed E-state index contributed by atoms with van der Waals surface area (Å²) in [4.78, 5) is 60.5. The second-order valence-corrected chi connectivity index (χ2v) is 15.4. The Kier molecular flexibility index (Phi) is 11.1. The average molecular weight is 692 g/mol. The number of hydrogen-bond donors (Lipinski definition) is 0. The summed E-state index contributed by atoms with van der Waals surface area (Å²) in [6.45, 7) is 12.2. The van der Waals surface area contributed by atoms with Gasteiger partial charge in [0.1, 0.15) is 22.9 Å². The summed E-state index contributed by atoms with van der Waals surface area (Å²) in [5.41, 5.74) is 0.521. The number of ether oxygens (including phenoxy) is 4. The summed E-state index contributed by atoms with van der Waals surface area (Å²) in [5.74, 6) is -0.174. The van der Waals surface area contributed by atoms with Crippen molar-refractivity contribution in [2.45, 2.75) is 96.8 Å². The van der Waals surface area contributed by atoms with Crippen molar-refractivity contribution in [2.24, 2.45) is 11.8 Å². The molecule has 50 heavy (non-hydrogen) atoms. The molecule has 1 aliphatic carbocycles. The van der Waals surface area contributed by atoms with Gasteiger partial charge in [-0.2, -0.15) is 0 Å². The normalized spacial score (nSPS) is 20.8. The van der Waals surface area contributed by atoms with E-state index in [2.05, 4.69) is 0 Å². The zero-order valence-electron chi connectivity index (χ0n) is 30.8. The van der Waals surface area contributed by atoms with Crippen LogP contribution >= 0.6 is 0 Å². The number of nitrogens with zero attached hydrogens (tertiary/aromatic N) is 3. The number of hydrogen-bond acceptors (Lipinski definition) is 8. The van der Waals surface area contributed by atoms with E-state index in [-0.39, 0.29) is 49.1 Å². The summed E-state index contributed by atoms with van der Waals surface area (Å²) in [5, 5.41) is 0. The summed E-state index contributed by atoms with van der Waals surface area (Å²) in [6, 6.07) is 13.2. The monoisotopic (exact) mass is 691 g/mol. The van der Waals surface area contributed by atoms with Crippen LogP contribution in [0.5, 0.6) is 11.5 Å². The molecule has 1 saturated heterocycles. The number of anilines is 2. The maximum atomic E-state index is 14.6. The second kappa shape index (κ2) is 15.0. The molecule has 0 aromatic heterocycles. The van der Waals surface area contributed by atoms with Gasteiger partial charge < -0.3 is 33.6 Å². The molecule has 0 radical (unpaired) electrons. The lowest BCUT2D eigenvalue weighted by atomic mass is 9.82. The molecule has 1 saturated carbocycles. The van der Waals surface area contributed by atoms with E-state index >= 15 is 0 Å². The minimum atomic E-state index is -1.03. The first-order chi connectivity index (χ1) is 23.6. The SMILES string of the molecule is COCCCN1C(=O)C(C)(C)Oc2ccc(N(C(=O)[C@@H]3C[C@H](C(=O)C[C@@H](C)c4ccc(OC)cc4)CN(C(=O)OC(C)(C)C)C3)C3CC3)cc21. The molecular weight excluding hydrogens is 638 g/mol. The van der Waals surface area contributed by atoms with Crippen LogP contribution in [0.4, 0.5) is 16.2 Å². The van der Waals surface area contributed by atoms with Gasteiger partial charge in [0.05, 0.1) is 18.7 Å². The molecule has 272 valence electrons. The van der Waals surface area contributed by atoms with Gasteiger partial charge in [0.25, 0.3) is 5.91 Å². The fourth-order valence-corrected chi connectivity index (χ4v) is 6.85. The van der Waals surface area contributed by atoms with Crippen LogP contribution in [0.1, 0.15) is 85.1 Å². The summed E-state index contributed by atoms with van der Waals surface area (Å²) >= 11 is 0. The number of ketones is 1. The number of carbonyl (C=O) groups is 4. The number of methoxy groups -OCH3 is 2.